The van der Waals surface area contributed by atoms with E-state index in [0.29, 0.717) is 17.6 Å². The van der Waals surface area contributed by atoms with E-state index in [9.17, 15) is 19.5 Å². The first-order valence-electron chi connectivity index (χ1n) is 13.0. The molecule has 0 amide bonds. The molecule has 0 bridgehead atoms. The van der Waals surface area contributed by atoms with E-state index in [1.54, 1.807) is 26.0 Å². The van der Waals surface area contributed by atoms with Crippen molar-refractivity contribution in [2.45, 2.75) is 91.3 Å². The van der Waals surface area contributed by atoms with Crippen LogP contribution in [0.3, 0.4) is 0 Å². The SMILES string of the molecule is C/C=C(\C)C(=O)[C@@H]1C2=C(CO)CCC[C@@H]2[C@@]2(C)CC[C@@]3(COC(=O)C3)O[C@@]2(C)[C@H]1C(=O)/C(C)=C/C. The fraction of sp³-hybridized carbons (Fsp3) is 0.690. The molecule has 3 fully saturated rings. The number of aliphatic hydroxyl groups is 1. The predicted octanol–water partition coefficient (Wildman–Crippen LogP) is 4.65. The van der Waals surface area contributed by atoms with Crippen LogP contribution in [0.1, 0.15) is 80.1 Å². The Morgan fingerprint density at radius 2 is 1.74 bits per heavy atom. The Morgan fingerprint density at radius 1 is 1.09 bits per heavy atom. The first kappa shape index (κ1) is 26.0. The van der Waals surface area contributed by atoms with E-state index < -0.39 is 28.5 Å². The van der Waals surface area contributed by atoms with E-state index in [2.05, 4.69) is 6.92 Å². The summed E-state index contributed by atoms with van der Waals surface area (Å²) < 4.78 is 12.3. The molecule has 4 aliphatic rings. The van der Waals surface area contributed by atoms with E-state index >= 15 is 0 Å². The number of carbonyl (C=O) groups excluding carboxylic acids is 3. The van der Waals surface area contributed by atoms with E-state index in [0.717, 1.165) is 36.8 Å². The van der Waals surface area contributed by atoms with E-state index in [1.807, 2.05) is 20.8 Å². The number of rotatable bonds is 5. The van der Waals surface area contributed by atoms with Gasteiger partial charge in [0, 0.05) is 5.41 Å². The normalized spacial score (nSPS) is 39.9. The molecule has 0 aromatic carbocycles. The van der Waals surface area contributed by atoms with Gasteiger partial charge in [-0.05, 0) is 89.4 Å². The maximum absolute atomic E-state index is 14.2. The number of hydrogen-bond acceptors (Lipinski definition) is 6. The Hall–Kier alpha value is -2.05. The van der Waals surface area contributed by atoms with Crippen molar-refractivity contribution >= 4 is 17.5 Å². The lowest BCUT2D eigenvalue weighted by Crippen LogP contribution is -2.70. The van der Waals surface area contributed by atoms with Gasteiger partial charge in [0.1, 0.15) is 12.2 Å². The highest BCUT2D eigenvalue weighted by atomic mass is 16.6. The Morgan fingerprint density at radius 3 is 2.31 bits per heavy atom. The molecule has 2 heterocycles. The minimum Gasteiger partial charge on any atom is -0.463 e. The second-order valence-electron chi connectivity index (χ2n) is 11.4. The summed E-state index contributed by atoms with van der Waals surface area (Å²) >= 11 is 0. The van der Waals surface area contributed by atoms with Gasteiger partial charge in [-0.25, -0.2) is 0 Å². The Kier molecular flexibility index (Phi) is 6.78. The summed E-state index contributed by atoms with van der Waals surface area (Å²) in [6.45, 7) is 11.5. The highest BCUT2D eigenvalue weighted by Gasteiger charge is 2.70. The molecule has 2 aliphatic carbocycles. The van der Waals surface area contributed by atoms with Crippen LogP contribution in [0.15, 0.2) is 34.4 Å². The fourth-order valence-electron chi connectivity index (χ4n) is 7.40. The van der Waals surface area contributed by atoms with Gasteiger partial charge < -0.3 is 14.6 Å². The zero-order chi connectivity index (χ0) is 25.8. The highest BCUT2D eigenvalue weighted by Crippen LogP contribution is 2.66. The second kappa shape index (κ2) is 9.11. The van der Waals surface area contributed by atoms with Gasteiger partial charge in [0.05, 0.1) is 30.5 Å². The number of cyclic esters (lactones) is 1. The lowest BCUT2D eigenvalue weighted by molar-refractivity contribution is -0.282. The molecule has 1 N–H and O–H groups in total. The smallest absolute Gasteiger partial charge is 0.308 e. The molecule has 6 nitrogen and oxygen atoms in total. The third-order valence-corrected chi connectivity index (χ3v) is 9.81. The van der Waals surface area contributed by atoms with Crippen LogP contribution < -0.4 is 0 Å². The monoisotopic (exact) mass is 484 g/mol. The number of carbonyl (C=O) groups is 3. The zero-order valence-corrected chi connectivity index (χ0v) is 22.0. The molecule has 35 heavy (non-hydrogen) atoms. The van der Waals surface area contributed by atoms with Gasteiger partial charge in [-0.3, -0.25) is 14.4 Å². The molecule has 1 spiro atoms. The van der Waals surface area contributed by atoms with Gasteiger partial charge in [-0.15, -0.1) is 0 Å². The standard InChI is InChI=1S/C29H40O6/c1-7-17(3)25(32)23-22-19(15-30)10-9-11-20(22)27(5)12-13-29(14-21(31)34-16-29)35-28(27,6)24(23)26(33)18(4)8-2/h7-8,20,23-24,30H,9-16H2,1-6H3/b17-7+,18-8+/t20-,23+,24+,27+,28-,29+/m0/s1. The average Bonchev–Trinajstić information content (AvgIpc) is 3.21. The quantitative estimate of drug-likeness (QED) is 0.347. The van der Waals surface area contributed by atoms with Crippen LogP contribution >= 0.6 is 0 Å². The summed E-state index contributed by atoms with van der Waals surface area (Å²) in [4.78, 5) is 40.4. The predicted molar refractivity (Wildman–Crippen MR) is 132 cm³/mol. The minimum atomic E-state index is -0.985. The van der Waals surface area contributed by atoms with Crippen molar-refractivity contribution < 1.29 is 29.0 Å². The summed E-state index contributed by atoms with van der Waals surface area (Å²) in [5.41, 5.74) is 0.879. The number of fused-ring (bicyclic) bond motifs is 3. The lowest BCUT2D eigenvalue weighted by Gasteiger charge is -2.66. The molecule has 192 valence electrons. The molecule has 2 saturated heterocycles. The molecule has 4 rings (SSSR count). The topological polar surface area (TPSA) is 89.9 Å². The molecule has 2 aliphatic heterocycles. The number of ether oxygens (including phenoxy) is 2. The number of hydrogen-bond donors (Lipinski definition) is 1. The molecule has 0 aromatic heterocycles. The van der Waals surface area contributed by atoms with Crippen molar-refractivity contribution in [1.29, 1.82) is 0 Å². The fourth-order valence-corrected chi connectivity index (χ4v) is 7.40. The van der Waals surface area contributed by atoms with Crippen LogP contribution in [-0.4, -0.2) is 47.1 Å². The average molecular weight is 485 g/mol. The molecular formula is C29H40O6. The summed E-state index contributed by atoms with van der Waals surface area (Å²) in [5, 5.41) is 10.4. The first-order valence-corrected chi connectivity index (χ1v) is 13.0. The van der Waals surface area contributed by atoms with Crippen LogP contribution in [0.4, 0.5) is 0 Å². The Bertz CT molecular complexity index is 1030. The number of ketones is 2. The largest absolute Gasteiger partial charge is 0.463 e. The van der Waals surface area contributed by atoms with Crippen LogP contribution in [0.2, 0.25) is 0 Å². The Labute approximate surface area is 208 Å². The number of aliphatic hydroxyl groups excluding tert-OH is 1. The third-order valence-electron chi connectivity index (χ3n) is 9.81. The number of Topliss-reactive ketones (excluding diaryl/α,β-unsaturated/α-hetero) is 2. The molecule has 0 aromatic rings. The molecule has 1 saturated carbocycles. The van der Waals surface area contributed by atoms with Crippen LogP contribution in [-0.2, 0) is 23.9 Å². The van der Waals surface area contributed by atoms with Crippen molar-refractivity contribution in [1.82, 2.24) is 0 Å². The molecule has 6 heteroatoms. The minimum absolute atomic E-state index is 0.0207. The molecule has 6 atom stereocenters. The van der Waals surface area contributed by atoms with Crippen molar-refractivity contribution in [3.8, 4) is 0 Å². The van der Waals surface area contributed by atoms with Crippen LogP contribution in [0.25, 0.3) is 0 Å². The summed E-state index contributed by atoms with van der Waals surface area (Å²) in [7, 11) is 0. The third kappa shape index (κ3) is 3.79. The van der Waals surface area contributed by atoms with Crippen molar-refractivity contribution in [3.63, 3.8) is 0 Å². The molecule has 0 unspecified atom stereocenters. The maximum atomic E-state index is 14.2. The lowest BCUT2D eigenvalue weighted by atomic mass is 9.44. The molecule has 0 radical (unpaired) electrons. The summed E-state index contributed by atoms with van der Waals surface area (Å²) in [6, 6.07) is 0. The van der Waals surface area contributed by atoms with Crippen molar-refractivity contribution in [2.24, 2.45) is 23.2 Å². The van der Waals surface area contributed by atoms with Crippen LogP contribution in [0.5, 0.6) is 0 Å². The van der Waals surface area contributed by atoms with Gasteiger partial charge in [0.2, 0.25) is 0 Å². The van der Waals surface area contributed by atoms with Gasteiger partial charge in [0.15, 0.2) is 11.6 Å². The van der Waals surface area contributed by atoms with Gasteiger partial charge >= 0.3 is 5.97 Å². The van der Waals surface area contributed by atoms with E-state index in [1.165, 1.54) is 0 Å². The summed E-state index contributed by atoms with van der Waals surface area (Å²) in [6.07, 6.45) is 7.74. The maximum Gasteiger partial charge on any atom is 0.308 e. The first-order chi connectivity index (χ1) is 16.5. The zero-order valence-electron chi connectivity index (χ0n) is 22.0. The van der Waals surface area contributed by atoms with Gasteiger partial charge in [0.25, 0.3) is 0 Å². The van der Waals surface area contributed by atoms with Gasteiger partial charge in [-0.1, -0.05) is 24.6 Å². The van der Waals surface area contributed by atoms with E-state index in [4.69, 9.17) is 9.47 Å². The van der Waals surface area contributed by atoms with Crippen molar-refractivity contribution in [2.75, 3.05) is 13.2 Å². The van der Waals surface area contributed by atoms with Crippen LogP contribution in [0, 0.1) is 23.2 Å². The second-order valence-corrected chi connectivity index (χ2v) is 11.4. The number of esters is 1. The van der Waals surface area contributed by atoms with Crippen molar-refractivity contribution in [3.05, 3.63) is 34.4 Å². The number of allylic oxidation sites excluding steroid dienone is 5. The highest BCUT2D eigenvalue weighted by molar-refractivity contribution is 6.06. The summed E-state index contributed by atoms with van der Waals surface area (Å²) in [5.74, 6) is -1.89. The Balaban J connectivity index is 2.00. The van der Waals surface area contributed by atoms with E-state index in [-0.39, 0.29) is 43.1 Å². The van der Waals surface area contributed by atoms with Gasteiger partial charge in [-0.2, -0.15) is 0 Å². The molecular weight excluding hydrogens is 444 g/mol.